The molecule has 25 heavy (non-hydrogen) atoms. The minimum Gasteiger partial charge on any atom is -0.464 e. The fourth-order valence-corrected chi connectivity index (χ4v) is 2.75. The first-order valence-corrected chi connectivity index (χ1v) is 7.88. The Kier molecular flexibility index (Phi) is 3.74. The molecule has 4 rings (SSSR count). The van der Waals surface area contributed by atoms with Crippen molar-refractivity contribution >= 4 is 22.6 Å². The highest BCUT2D eigenvalue weighted by Gasteiger charge is 2.13. The highest BCUT2D eigenvalue weighted by molar-refractivity contribution is 5.91. The molecule has 0 unspecified atom stereocenters. The number of furan rings is 1. The number of amides is 1. The Balaban J connectivity index is 1.76. The third-order valence-corrected chi connectivity index (χ3v) is 3.84. The molecule has 0 aliphatic carbocycles. The molecule has 122 valence electrons. The zero-order valence-corrected chi connectivity index (χ0v) is 13.6. The number of anilines is 1. The van der Waals surface area contributed by atoms with Crippen LogP contribution in [0.3, 0.4) is 0 Å². The summed E-state index contributed by atoms with van der Waals surface area (Å²) in [5.41, 5.74) is 4.81. The van der Waals surface area contributed by atoms with Crippen molar-refractivity contribution in [3.63, 3.8) is 0 Å². The molecule has 1 amide bonds. The topological polar surface area (TPSA) is 68.0 Å². The van der Waals surface area contributed by atoms with Gasteiger partial charge in [0, 0.05) is 23.7 Å². The highest BCUT2D eigenvalue weighted by Crippen LogP contribution is 2.32. The van der Waals surface area contributed by atoms with Gasteiger partial charge in [0.15, 0.2) is 0 Å². The van der Waals surface area contributed by atoms with E-state index in [9.17, 15) is 4.79 Å². The van der Waals surface area contributed by atoms with E-state index in [0.29, 0.717) is 5.69 Å². The first-order valence-electron chi connectivity index (χ1n) is 7.88. The number of rotatable bonds is 3. The molecular formula is C20H15N3O2. The van der Waals surface area contributed by atoms with E-state index in [2.05, 4.69) is 15.3 Å². The average molecular weight is 329 g/mol. The molecule has 0 saturated heterocycles. The maximum Gasteiger partial charge on any atom is 0.221 e. The number of benzene rings is 2. The molecule has 0 saturated carbocycles. The molecule has 1 N–H and O–H groups in total. The van der Waals surface area contributed by atoms with Gasteiger partial charge >= 0.3 is 0 Å². The third kappa shape index (κ3) is 2.99. The lowest BCUT2D eigenvalue weighted by Crippen LogP contribution is -2.05. The number of carbonyl (C=O) groups is 1. The first kappa shape index (κ1) is 15.1. The maximum atomic E-state index is 11.2. The normalized spacial score (nSPS) is 10.8. The number of hydrogen-bond acceptors (Lipinski definition) is 4. The van der Waals surface area contributed by atoms with Crippen LogP contribution in [0.5, 0.6) is 0 Å². The Morgan fingerprint density at radius 1 is 1.04 bits per heavy atom. The Morgan fingerprint density at radius 2 is 1.88 bits per heavy atom. The van der Waals surface area contributed by atoms with Crippen molar-refractivity contribution in [1.29, 1.82) is 0 Å². The second kappa shape index (κ2) is 6.20. The van der Waals surface area contributed by atoms with Crippen molar-refractivity contribution in [3.05, 3.63) is 67.1 Å². The van der Waals surface area contributed by atoms with Gasteiger partial charge in [-0.1, -0.05) is 30.3 Å². The zero-order chi connectivity index (χ0) is 17.2. The molecule has 0 aliphatic heterocycles. The maximum absolute atomic E-state index is 11.2. The number of nitrogens with zero attached hydrogens (tertiary/aromatic N) is 2. The number of fused-ring (bicyclic) bond motifs is 1. The minimum atomic E-state index is -0.116. The second-order valence-corrected chi connectivity index (χ2v) is 5.67. The Morgan fingerprint density at radius 3 is 2.68 bits per heavy atom. The number of hydrogen-bond donors (Lipinski definition) is 1. The van der Waals surface area contributed by atoms with Gasteiger partial charge in [0.05, 0.1) is 29.2 Å². The lowest BCUT2D eigenvalue weighted by atomic mass is 10.1. The van der Waals surface area contributed by atoms with Crippen molar-refractivity contribution in [1.82, 2.24) is 9.97 Å². The fraction of sp³-hybridized carbons (Fsp3) is 0.0500. The van der Waals surface area contributed by atoms with Crippen LogP contribution in [-0.4, -0.2) is 15.9 Å². The zero-order valence-electron chi connectivity index (χ0n) is 13.6. The third-order valence-electron chi connectivity index (χ3n) is 3.84. The molecule has 0 bridgehead atoms. The summed E-state index contributed by atoms with van der Waals surface area (Å²) in [6.45, 7) is 1.48. The summed E-state index contributed by atoms with van der Waals surface area (Å²) in [4.78, 5) is 20.3. The molecule has 0 fully saturated rings. The standard InChI is InChI=1S/C20H15N3O2/c1-13(24)22-15-7-8-17-18(11-15)21-12-19(23-17)16-9-10-25-20(16)14-5-3-2-4-6-14/h2-12H,1H3,(H,22,24). The van der Waals surface area contributed by atoms with Crippen LogP contribution < -0.4 is 5.32 Å². The average Bonchev–Trinajstić information content (AvgIpc) is 3.11. The van der Waals surface area contributed by atoms with Crippen LogP contribution in [0.15, 0.2) is 71.5 Å². The molecule has 0 spiro atoms. The summed E-state index contributed by atoms with van der Waals surface area (Å²) < 4.78 is 5.66. The molecule has 0 atom stereocenters. The van der Waals surface area contributed by atoms with Crippen LogP contribution in [0.4, 0.5) is 5.69 Å². The molecule has 0 aliphatic rings. The van der Waals surface area contributed by atoms with E-state index in [4.69, 9.17) is 4.42 Å². The molecule has 2 heterocycles. The van der Waals surface area contributed by atoms with E-state index in [-0.39, 0.29) is 5.91 Å². The number of carbonyl (C=O) groups excluding carboxylic acids is 1. The summed E-state index contributed by atoms with van der Waals surface area (Å²) in [6.07, 6.45) is 3.38. The van der Waals surface area contributed by atoms with Crippen LogP contribution in [0.25, 0.3) is 33.6 Å². The van der Waals surface area contributed by atoms with Crippen LogP contribution in [0.2, 0.25) is 0 Å². The summed E-state index contributed by atoms with van der Waals surface area (Å²) in [5.74, 6) is 0.652. The van der Waals surface area contributed by atoms with Gasteiger partial charge in [-0.2, -0.15) is 0 Å². The smallest absolute Gasteiger partial charge is 0.221 e. The van der Waals surface area contributed by atoms with Crippen molar-refractivity contribution < 1.29 is 9.21 Å². The summed E-state index contributed by atoms with van der Waals surface area (Å²) in [6, 6.07) is 17.3. The molecule has 2 aromatic carbocycles. The molecular weight excluding hydrogens is 314 g/mol. The summed E-state index contributed by atoms with van der Waals surface area (Å²) >= 11 is 0. The van der Waals surface area contributed by atoms with Gasteiger partial charge < -0.3 is 9.73 Å². The van der Waals surface area contributed by atoms with Crippen molar-refractivity contribution in [2.75, 3.05) is 5.32 Å². The van der Waals surface area contributed by atoms with Gasteiger partial charge in [0.1, 0.15) is 5.76 Å². The van der Waals surface area contributed by atoms with Gasteiger partial charge in [0.2, 0.25) is 5.91 Å². The van der Waals surface area contributed by atoms with Crippen molar-refractivity contribution in [2.45, 2.75) is 6.92 Å². The lowest BCUT2D eigenvalue weighted by Gasteiger charge is -2.06. The number of aromatic nitrogens is 2. The number of nitrogens with one attached hydrogen (secondary N) is 1. The monoisotopic (exact) mass is 329 g/mol. The van der Waals surface area contributed by atoms with Gasteiger partial charge in [0.25, 0.3) is 0 Å². The Bertz CT molecular complexity index is 1050. The predicted octanol–water partition coefficient (Wildman–Crippen LogP) is 4.52. The van der Waals surface area contributed by atoms with Crippen molar-refractivity contribution in [3.8, 4) is 22.6 Å². The van der Waals surface area contributed by atoms with E-state index >= 15 is 0 Å². The van der Waals surface area contributed by atoms with E-state index in [0.717, 1.165) is 33.6 Å². The Hall–Kier alpha value is -3.47. The van der Waals surface area contributed by atoms with Gasteiger partial charge in [-0.05, 0) is 24.3 Å². The lowest BCUT2D eigenvalue weighted by molar-refractivity contribution is -0.114. The SMILES string of the molecule is CC(=O)Nc1ccc2nc(-c3ccoc3-c3ccccc3)cnc2c1. The van der Waals surface area contributed by atoms with Crippen molar-refractivity contribution in [2.24, 2.45) is 0 Å². The minimum absolute atomic E-state index is 0.116. The van der Waals surface area contributed by atoms with Crippen LogP contribution in [-0.2, 0) is 4.79 Å². The largest absolute Gasteiger partial charge is 0.464 e. The molecule has 5 heteroatoms. The van der Waals surface area contributed by atoms with E-state index in [1.807, 2.05) is 48.5 Å². The first-order chi connectivity index (χ1) is 12.2. The quantitative estimate of drug-likeness (QED) is 0.600. The van der Waals surface area contributed by atoms with E-state index < -0.39 is 0 Å². The second-order valence-electron chi connectivity index (χ2n) is 5.67. The summed E-state index contributed by atoms with van der Waals surface area (Å²) in [7, 11) is 0. The van der Waals surface area contributed by atoms with E-state index in [1.165, 1.54) is 6.92 Å². The van der Waals surface area contributed by atoms with Gasteiger partial charge in [-0.3, -0.25) is 9.78 Å². The molecule has 4 aromatic rings. The predicted molar refractivity (Wildman–Crippen MR) is 97.0 cm³/mol. The Labute approximate surface area is 144 Å². The summed E-state index contributed by atoms with van der Waals surface area (Å²) in [5, 5.41) is 2.75. The molecule has 2 aromatic heterocycles. The fourth-order valence-electron chi connectivity index (χ4n) is 2.75. The highest BCUT2D eigenvalue weighted by atomic mass is 16.3. The molecule has 0 radical (unpaired) electrons. The van der Waals surface area contributed by atoms with Crippen LogP contribution in [0.1, 0.15) is 6.92 Å². The van der Waals surface area contributed by atoms with Gasteiger partial charge in [-0.25, -0.2) is 4.98 Å². The van der Waals surface area contributed by atoms with E-state index in [1.54, 1.807) is 18.5 Å². The van der Waals surface area contributed by atoms with Crippen LogP contribution >= 0.6 is 0 Å². The van der Waals surface area contributed by atoms with Gasteiger partial charge in [-0.15, -0.1) is 0 Å². The van der Waals surface area contributed by atoms with Crippen LogP contribution in [0, 0.1) is 0 Å². The molecule has 5 nitrogen and oxygen atoms in total.